The zero-order valence-electron chi connectivity index (χ0n) is 12.2. The standard InChI is InChI=1S/C17H22N2O2/c20-16-8-4-5-13(9-16)10-18-11-15-12-21-17(19-15)14-6-2-1-3-7-14/h1-3,6-7,12-13,16,18,20H,4-5,8-11H2. The summed E-state index contributed by atoms with van der Waals surface area (Å²) in [5, 5.41) is 13.1. The van der Waals surface area contributed by atoms with Crippen LogP contribution in [0.1, 0.15) is 31.4 Å². The first-order valence-corrected chi connectivity index (χ1v) is 7.70. The quantitative estimate of drug-likeness (QED) is 0.887. The van der Waals surface area contributed by atoms with Crippen molar-refractivity contribution in [2.45, 2.75) is 38.3 Å². The highest BCUT2D eigenvalue weighted by atomic mass is 16.3. The van der Waals surface area contributed by atoms with Crippen molar-refractivity contribution in [3.8, 4) is 11.5 Å². The first-order valence-electron chi connectivity index (χ1n) is 7.70. The zero-order valence-corrected chi connectivity index (χ0v) is 12.2. The molecular formula is C17H22N2O2. The number of benzene rings is 1. The van der Waals surface area contributed by atoms with Crippen molar-refractivity contribution in [1.29, 1.82) is 0 Å². The summed E-state index contributed by atoms with van der Waals surface area (Å²) in [7, 11) is 0. The lowest BCUT2D eigenvalue weighted by molar-refractivity contribution is 0.101. The fourth-order valence-corrected chi connectivity index (χ4v) is 2.95. The molecule has 1 heterocycles. The minimum absolute atomic E-state index is 0.109. The Morgan fingerprint density at radius 3 is 2.90 bits per heavy atom. The maximum atomic E-state index is 9.67. The molecule has 2 aromatic rings. The van der Waals surface area contributed by atoms with Gasteiger partial charge in [-0.3, -0.25) is 0 Å². The van der Waals surface area contributed by atoms with E-state index >= 15 is 0 Å². The summed E-state index contributed by atoms with van der Waals surface area (Å²) in [6.07, 6.45) is 5.82. The fourth-order valence-electron chi connectivity index (χ4n) is 2.95. The van der Waals surface area contributed by atoms with Crippen molar-refractivity contribution in [3.63, 3.8) is 0 Å². The molecule has 1 aromatic heterocycles. The molecule has 2 N–H and O–H groups in total. The Morgan fingerprint density at radius 2 is 2.10 bits per heavy atom. The lowest BCUT2D eigenvalue weighted by Gasteiger charge is -2.25. The van der Waals surface area contributed by atoms with E-state index < -0.39 is 0 Å². The second-order valence-corrected chi connectivity index (χ2v) is 5.83. The van der Waals surface area contributed by atoms with Crippen LogP contribution in [0.2, 0.25) is 0 Å². The number of hydrogen-bond donors (Lipinski definition) is 2. The fraction of sp³-hybridized carbons (Fsp3) is 0.471. The molecule has 1 saturated carbocycles. The van der Waals surface area contributed by atoms with Crippen molar-refractivity contribution in [3.05, 3.63) is 42.3 Å². The van der Waals surface area contributed by atoms with E-state index in [1.54, 1.807) is 6.26 Å². The molecule has 1 aromatic carbocycles. The Morgan fingerprint density at radius 1 is 1.24 bits per heavy atom. The molecule has 1 aliphatic carbocycles. The van der Waals surface area contributed by atoms with Crippen molar-refractivity contribution in [2.75, 3.05) is 6.54 Å². The summed E-state index contributed by atoms with van der Waals surface area (Å²) in [4.78, 5) is 4.50. The number of oxazole rings is 1. The third-order valence-corrected chi connectivity index (χ3v) is 4.07. The predicted molar refractivity (Wildman–Crippen MR) is 81.6 cm³/mol. The van der Waals surface area contributed by atoms with Crippen molar-refractivity contribution >= 4 is 0 Å². The van der Waals surface area contributed by atoms with Crippen LogP contribution in [0.25, 0.3) is 11.5 Å². The van der Waals surface area contributed by atoms with Crippen molar-refractivity contribution in [1.82, 2.24) is 10.3 Å². The van der Waals surface area contributed by atoms with Gasteiger partial charge in [0.05, 0.1) is 11.8 Å². The van der Waals surface area contributed by atoms with Gasteiger partial charge in [0, 0.05) is 12.1 Å². The predicted octanol–water partition coefficient (Wildman–Crippen LogP) is 2.98. The van der Waals surface area contributed by atoms with Crippen LogP contribution < -0.4 is 5.32 Å². The van der Waals surface area contributed by atoms with E-state index in [1.165, 1.54) is 6.42 Å². The van der Waals surface area contributed by atoms with Gasteiger partial charge in [-0.25, -0.2) is 4.98 Å². The summed E-state index contributed by atoms with van der Waals surface area (Å²) in [5.41, 5.74) is 1.92. The topological polar surface area (TPSA) is 58.3 Å². The third kappa shape index (κ3) is 3.93. The molecule has 0 amide bonds. The van der Waals surface area contributed by atoms with E-state index in [4.69, 9.17) is 4.42 Å². The number of hydrogen-bond acceptors (Lipinski definition) is 4. The molecule has 0 saturated heterocycles. The van der Waals surface area contributed by atoms with Gasteiger partial charge in [-0.05, 0) is 43.9 Å². The molecule has 1 aliphatic rings. The monoisotopic (exact) mass is 286 g/mol. The van der Waals surface area contributed by atoms with Gasteiger partial charge in [0.15, 0.2) is 0 Å². The lowest BCUT2D eigenvalue weighted by Crippen LogP contribution is -2.28. The third-order valence-electron chi connectivity index (χ3n) is 4.07. The Kier molecular flexibility index (Phi) is 4.68. The SMILES string of the molecule is OC1CCCC(CNCc2coc(-c3ccccc3)n2)C1. The molecule has 0 bridgehead atoms. The minimum atomic E-state index is -0.109. The van der Waals surface area contributed by atoms with E-state index in [9.17, 15) is 5.11 Å². The van der Waals surface area contributed by atoms with Crippen molar-refractivity contribution < 1.29 is 9.52 Å². The molecule has 2 atom stereocenters. The molecule has 3 rings (SSSR count). The summed E-state index contributed by atoms with van der Waals surface area (Å²) < 4.78 is 5.52. The van der Waals surface area contributed by atoms with Crippen LogP contribution in [0.4, 0.5) is 0 Å². The molecule has 0 radical (unpaired) electrons. The molecule has 112 valence electrons. The normalized spacial score (nSPS) is 22.3. The first kappa shape index (κ1) is 14.3. The maximum absolute atomic E-state index is 9.67. The molecule has 4 nitrogen and oxygen atoms in total. The van der Waals surface area contributed by atoms with Gasteiger partial charge >= 0.3 is 0 Å². The lowest BCUT2D eigenvalue weighted by atomic mass is 9.87. The van der Waals surface area contributed by atoms with Gasteiger partial charge < -0.3 is 14.8 Å². The van der Waals surface area contributed by atoms with Gasteiger partial charge in [-0.2, -0.15) is 0 Å². The van der Waals surface area contributed by atoms with E-state index in [2.05, 4.69) is 10.3 Å². The Balaban J connectivity index is 1.49. The summed E-state index contributed by atoms with van der Waals surface area (Å²) >= 11 is 0. The molecule has 2 unspecified atom stereocenters. The highest BCUT2D eigenvalue weighted by Crippen LogP contribution is 2.23. The van der Waals surface area contributed by atoms with Crippen molar-refractivity contribution in [2.24, 2.45) is 5.92 Å². The highest BCUT2D eigenvalue weighted by Gasteiger charge is 2.19. The van der Waals surface area contributed by atoms with Gasteiger partial charge in [-0.1, -0.05) is 24.6 Å². The molecule has 1 fully saturated rings. The summed E-state index contributed by atoms with van der Waals surface area (Å²) in [6, 6.07) is 9.92. The van der Waals surface area contributed by atoms with Crippen LogP contribution in [0.15, 0.2) is 41.0 Å². The van der Waals surface area contributed by atoms with Crippen LogP contribution in [0, 0.1) is 5.92 Å². The van der Waals surface area contributed by atoms with Crippen LogP contribution in [0.5, 0.6) is 0 Å². The molecular weight excluding hydrogens is 264 g/mol. The summed E-state index contributed by atoms with van der Waals surface area (Å²) in [5.74, 6) is 1.25. The number of rotatable bonds is 5. The number of nitrogens with one attached hydrogen (secondary N) is 1. The second-order valence-electron chi connectivity index (χ2n) is 5.83. The highest BCUT2D eigenvalue weighted by molar-refractivity contribution is 5.52. The summed E-state index contributed by atoms with van der Waals surface area (Å²) in [6.45, 7) is 1.65. The van der Waals surface area contributed by atoms with Gasteiger partial charge in [0.1, 0.15) is 6.26 Å². The van der Waals surface area contributed by atoms with Crippen LogP contribution in [-0.2, 0) is 6.54 Å². The Bertz CT molecular complexity index is 553. The first-order chi connectivity index (χ1) is 10.3. The minimum Gasteiger partial charge on any atom is -0.444 e. The zero-order chi connectivity index (χ0) is 14.5. The largest absolute Gasteiger partial charge is 0.444 e. The van der Waals surface area contributed by atoms with Gasteiger partial charge in [0.25, 0.3) is 0 Å². The molecule has 21 heavy (non-hydrogen) atoms. The van der Waals surface area contributed by atoms with E-state index in [1.807, 2.05) is 30.3 Å². The average molecular weight is 286 g/mol. The Labute approximate surface area is 125 Å². The number of aromatic nitrogens is 1. The van der Waals surface area contributed by atoms with E-state index in [-0.39, 0.29) is 6.10 Å². The maximum Gasteiger partial charge on any atom is 0.226 e. The molecule has 4 heteroatoms. The van der Waals surface area contributed by atoms with Gasteiger partial charge in [0.2, 0.25) is 5.89 Å². The van der Waals surface area contributed by atoms with Crippen LogP contribution in [0.3, 0.4) is 0 Å². The van der Waals surface area contributed by atoms with Crippen LogP contribution >= 0.6 is 0 Å². The van der Waals surface area contributed by atoms with Crippen LogP contribution in [-0.4, -0.2) is 22.7 Å². The number of aliphatic hydroxyl groups excluding tert-OH is 1. The second kappa shape index (κ2) is 6.87. The number of aliphatic hydroxyl groups is 1. The smallest absolute Gasteiger partial charge is 0.226 e. The molecule has 0 spiro atoms. The molecule has 0 aliphatic heterocycles. The van der Waals surface area contributed by atoms with E-state index in [0.29, 0.717) is 18.4 Å². The average Bonchev–Trinajstić information content (AvgIpc) is 2.97. The van der Waals surface area contributed by atoms with Gasteiger partial charge in [-0.15, -0.1) is 0 Å². The number of nitrogens with zero attached hydrogens (tertiary/aromatic N) is 1. The Hall–Kier alpha value is -1.65. The van der Waals surface area contributed by atoms with E-state index in [0.717, 1.165) is 37.1 Å².